The van der Waals surface area contributed by atoms with Gasteiger partial charge in [-0.25, -0.2) is 4.79 Å². The zero-order chi connectivity index (χ0) is 15.3. The Balaban J connectivity index is 2.47. The Morgan fingerprint density at radius 2 is 2.15 bits per heavy atom. The lowest BCUT2D eigenvalue weighted by Gasteiger charge is -2.29. The highest BCUT2D eigenvalue weighted by molar-refractivity contribution is 5.79. The second kappa shape index (κ2) is 6.92. The van der Waals surface area contributed by atoms with Gasteiger partial charge in [-0.05, 0) is 33.6 Å². The van der Waals surface area contributed by atoms with Crippen molar-refractivity contribution in [3.63, 3.8) is 0 Å². The summed E-state index contributed by atoms with van der Waals surface area (Å²) in [6.07, 6.45) is 2.28. The summed E-state index contributed by atoms with van der Waals surface area (Å²) in [6.45, 7) is 6.55. The normalized spacial score (nSPS) is 25.8. The Morgan fingerprint density at radius 3 is 2.70 bits per heavy atom. The van der Waals surface area contributed by atoms with E-state index in [1.54, 1.807) is 14.0 Å². The summed E-state index contributed by atoms with van der Waals surface area (Å²) >= 11 is 0. The molecular weight excluding hydrogens is 260 g/mol. The number of aliphatic carboxylic acids is 1. The Kier molecular flexibility index (Phi) is 5.80. The molecule has 0 radical (unpaired) electrons. The van der Waals surface area contributed by atoms with E-state index < -0.39 is 11.4 Å². The van der Waals surface area contributed by atoms with Crippen molar-refractivity contribution in [1.29, 1.82) is 0 Å². The number of rotatable bonds is 6. The maximum absolute atomic E-state index is 12.1. The molecule has 0 bridgehead atoms. The molecule has 0 spiro atoms. The first-order valence-corrected chi connectivity index (χ1v) is 7.14. The van der Waals surface area contributed by atoms with Crippen molar-refractivity contribution in [1.82, 2.24) is 10.2 Å². The van der Waals surface area contributed by atoms with Crippen LogP contribution in [0.3, 0.4) is 0 Å². The predicted molar refractivity (Wildman–Crippen MR) is 75.6 cm³/mol. The number of nitrogens with one attached hydrogen (secondary N) is 1. The van der Waals surface area contributed by atoms with Gasteiger partial charge >= 0.3 is 12.0 Å². The van der Waals surface area contributed by atoms with Crippen molar-refractivity contribution in [3.8, 4) is 0 Å². The maximum atomic E-state index is 12.1. The first-order chi connectivity index (χ1) is 9.27. The summed E-state index contributed by atoms with van der Waals surface area (Å²) < 4.78 is 5.40. The topological polar surface area (TPSA) is 78.9 Å². The van der Waals surface area contributed by atoms with Crippen molar-refractivity contribution in [2.75, 3.05) is 20.2 Å². The van der Waals surface area contributed by atoms with E-state index in [0.717, 1.165) is 6.42 Å². The molecule has 2 N–H and O–H groups in total. The van der Waals surface area contributed by atoms with Gasteiger partial charge in [0, 0.05) is 19.6 Å². The van der Waals surface area contributed by atoms with Gasteiger partial charge in [0.1, 0.15) is 0 Å². The Morgan fingerprint density at radius 1 is 1.50 bits per heavy atom. The average Bonchev–Trinajstić information content (AvgIpc) is 2.71. The highest BCUT2D eigenvalue weighted by Gasteiger charge is 2.46. The summed E-state index contributed by atoms with van der Waals surface area (Å²) in [4.78, 5) is 24.9. The number of hydrogen-bond acceptors (Lipinski definition) is 3. The van der Waals surface area contributed by atoms with Crippen LogP contribution in [0.2, 0.25) is 0 Å². The molecule has 0 heterocycles. The lowest BCUT2D eigenvalue weighted by molar-refractivity contribution is -0.148. The fourth-order valence-electron chi connectivity index (χ4n) is 2.44. The fourth-order valence-corrected chi connectivity index (χ4v) is 2.44. The van der Waals surface area contributed by atoms with Crippen LogP contribution in [0.5, 0.6) is 0 Å². The molecule has 2 atom stereocenters. The van der Waals surface area contributed by atoms with Gasteiger partial charge in [0.25, 0.3) is 0 Å². The Bertz CT molecular complexity index is 359. The molecule has 1 saturated carbocycles. The maximum Gasteiger partial charge on any atom is 0.317 e. The zero-order valence-corrected chi connectivity index (χ0v) is 12.8. The van der Waals surface area contributed by atoms with Gasteiger partial charge in [0.2, 0.25) is 0 Å². The molecule has 0 aromatic carbocycles. The molecule has 1 aliphatic carbocycles. The number of amides is 2. The summed E-state index contributed by atoms with van der Waals surface area (Å²) in [5.41, 5.74) is -0.856. The van der Waals surface area contributed by atoms with Gasteiger partial charge in [-0.15, -0.1) is 0 Å². The summed E-state index contributed by atoms with van der Waals surface area (Å²) in [6, 6.07) is -0.544. The second-order valence-corrected chi connectivity index (χ2v) is 5.96. The van der Waals surface area contributed by atoms with E-state index in [0.29, 0.717) is 26.0 Å². The van der Waals surface area contributed by atoms with E-state index in [4.69, 9.17) is 4.74 Å². The van der Waals surface area contributed by atoms with Gasteiger partial charge in [-0.2, -0.15) is 0 Å². The minimum atomic E-state index is -0.856. The van der Waals surface area contributed by atoms with Gasteiger partial charge < -0.3 is 20.1 Å². The van der Waals surface area contributed by atoms with Crippen LogP contribution in [-0.4, -0.2) is 54.4 Å². The molecule has 20 heavy (non-hydrogen) atoms. The van der Waals surface area contributed by atoms with E-state index in [9.17, 15) is 14.7 Å². The number of likely N-dealkylation sites (N-methyl/N-ethyl adjacent to an activating group) is 1. The minimum absolute atomic E-state index is 0.136. The van der Waals surface area contributed by atoms with E-state index in [1.165, 1.54) is 4.90 Å². The van der Waals surface area contributed by atoms with E-state index in [-0.39, 0.29) is 18.2 Å². The standard InChI is InChI=1S/C14H26N2O4/c1-10(2)20-9-8-16(4)13(19)15-11-6-5-7-14(11,3)12(17)18/h10-11H,5-9H2,1-4H3,(H,15,19)(H,17,18). The van der Waals surface area contributed by atoms with E-state index in [1.807, 2.05) is 13.8 Å². The van der Waals surface area contributed by atoms with Crippen LogP contribution in [0.25, 0.3) is 0 Å². The molecule has 1 fully saturated rings. The number of carboxylic acid groups (broad SMARTS) is 1. The van der Waals surface area contributed by atoms with Crippen LogP contribution in [0.1, 0.15) is 40.0 Å². The SMILES string of the molecule is CC(C)OCCN(C)C(=O)NC1CCCC1(C)C(=O)O. The smallest absolute Gasteiger partial charge is 0.317 e. The van der Waals surface area contributed by atoms with Crippen LogP contribution in [0, 0.1) is 5.41 Å². The third-order valence-corrected chi connectivity index (χ3v) is 3.97. The Hall–Kier alpha value is -1.30. The molecule has 6 heteroatoms. The van der Waals surface area contributed by atoms with Gasteiger partial charge in [-0.3, -0.25) is 4.79 Å². The fraction of sp³-hybridized carbons (Fsp3) is 0.857. The monoisotopic (exact) mass is 286 g/mol. The van der Waals surface area contributed by atoms with Crippen LogP contribution >= 0.6 is 0 Å². The van der Waals surface area contributed by atoms with Crippen molar-refractivity contribution in [3.05, 3.63) is 0 Å². The van der Waals surface area contributed by atoms with Crippen molar-refractivity contribution < 1.29 is 19.4 Å². The van der Waals surface area contributed by atoms with Crippen molar-refractivity contribution in [2.45, 2.75) is 52.2 Å². The number of carbonyl (C=O) groups is 2. The molecule has 0 aliphatic heterocycles. The number of urea groups is 1. The number of nitrogens with zero attached hydrogens (tertiary/aromatic N) is 1. The number of hydrogen-bond donors (Lipinski definition) is 2. The van der Waals surface area contributed by atoms with Crippen molar-refractivity contribution in [2.24, 2.45) is 5.41 Å². The third kappa shape index (κ3) is 4.10. The predicted octanol–water partition coefficient (Wildman–Crippen LogP) is 1.70. The first kappa shape index (κ1) is 16.8. The molecule has 1 rings (SSSR count). The van der Waals surface area contributed by atoms with Gasteiger partial charge in [0.05, 0.1) is 18.1 Å². The lowest BCUT2D eigenvalue weighted by Crippen LogP contribution is -2.51. The molecule has 0 aromatic rings. The molecular formula is C14H26N2O4. The molecule has 0 aromatic heterocycles. The molecule has 116 valence electrons. The number of carboxylic acids is 1. The summed E-state index contributed by atoms with van der Waals surface area (Å²) in [5, 5.41) is 12.2. The number of ether oxygens (including phenoxy) is 1. The highest BCUT2D eigenvalue weighted by Crippen LogP contribution is 2.38. The molecule has 6 nitrogen and oxygen atoms in total. The summed E-state index contributed by atoms with van der Waals surface area (Å²) in [5.74, 6) is -0.842. The largest absolute Gasteiger partial charge is 0.481 e. The van der Waals surface area contributed by atoms with Crippen LogP contribution in [0.4, 0.5) is 4.79 Å². The van der Waals surface area contributed by atoms with Crippen LogP contribution in [-0.2, 0) is 9.53 Å². The number of carbonyl (C=O) groups excluding carboxylic acids is 1. The van der Waals surface area contributed by atoms with Gasteiger partial charge in [-0.1, -0.05) is 6.42 Å². The third-order valence-electron chi connectivity index (χ3n) is 3.97. The minimum Gasteiger partial charge on any atom is -0.481 e. The van der Waals surface area contributed by atoms with Gasteiger partial charge in [0.15, 0.2) is 0 Å². The van der Waals surface area contributed by atoms with E-state index >= 15 is 0 Å². The average molecular weight is 286 g/mol. The summed E-state index contributed by atoms with van der Waals surface area (Å²) in [7, 11) is 1.69. The molecule has 2 unspecified atom stereocenters. The quantitative estimate of drug-likeness (QED) is 0.779. The zero-order valence-electron chi connectivity index (χ0n) is 12.8. The molecule has 2 amide bonds. The first-order valence-electron chi connectivity index (χ1n) is 7.14. The highest BCUT2D eigenvalue weighted by atomic mass is 16.5. The Labute approximate surface area is 120 Å². The molecule has 0 saturated heterocycles. The second-order valence-electron chi connectivity index (χ2n) is 5.96. The van der Waals surface area contributed by atoms with Crippen LogP contribution in [0.15, 0.2) is 0 Å². The van der Waals surface area contributed by atoms with Crippen LogP contribution < -0.4 is 5.32 Å². The lowest BCUT2D eigenvalue weighted by atomic mass is 9.85. The molecule has 1 aliphatic rings. The van der Waals surface area contributed by atoms with E-state index in [2.05, 4.69) is 5.32 Å². The van der Waals surface area contributed by atoms with Crippen molar-refractivity contribution >= 4 is 12.0 Å².